The molecule has 0 radical (unpaired) electrons. The molecule has 0 saturated carbocycles. The standard InChI is InChI=1S/C40H69O8P/c1-4-6-8-10-12-14-16-18-19-20-21-23-24-26-28-30-32-34-39(41)46-36-38(37-47-49(43,44)45-3)48-40(42)35-33-31-29-27-25-22-17-15-13-11-9-7-5-2/h7,9,13,15,18-19,22,25,29,31,38H,4-6,8,10-12,14,16-17,20-21,23-24,26-28,30,32-37H2,1-3H3,(H,43,44)/b9-7-,15-13-,19-18-,25-22-,31-29-. The number of phosphoric acid groups is 1. The fourth-order valence-electron chi connectivity index (χ4n) is 4.84. The molecular formula is C40H69O8P. The van der Waals surface area contributed by atoms with Gasteiger partial charge in [0.15, 0.2) is 6.10 Å². The van der Waals surface area contributed by atoms with Crippen molar-refractivity contribution in [2.75, 3.05) is 20.3 Å². The summed E-state index contributed by atoms with van der Waals surface area (Å²) < 4.78 is 31.8. The van der Waals surface area contributed by atoms with Gasteiger partial charge in [-0.25, -0.2) is 4.57 Å². The molecule has 8 nitrogen and oxygen atoms in total. The highest BCUT2D eigenvalue weighted by molar-refractivity contribution is 7.47. The summed E-state index contributed by atoms with van der Waals surface area (Å²) in [4.78, 5) is 34.3. The van der Waals surface area contributed by atoms with E-state index in [2.05, 4.69) is 67.0 Å². The van der Waals surface area contributed by atoms with Crippen LogP contribution in [0.2, 0.25) is 0 Å². The first kappa shape index (κ1) is 46.8. The predicted octanol–water partition coefficient (Wildman–Crippen LogP) is 11.6. The maximum absolute atomic E-state index is 12.4. The Hall–Kier alpha value is -2.25. The van der Waals surface area contributed by atoms with Gasteiger partial charge in [-0.15, -0.1) is 0 Å². The van der Waals surface area contributed by atoms with Crippen LogP contribution in [-0.4, -0.2) is 43.3 Å². The fourth-order valence-corrected chi connectivity index (χ4v) is 5.30. The summed E-state index contributed by atoms with van der Waals surface area (Å²) in [5.74, 6) is -0.908. The van der Waals surface area contributed by atoms with Crippen LogP contribution >= 0.6 is 7.82 Å². The largest absolute Gasteiger partial charge is 0.472 e. The highest BCUT2D eigenvalue weighted by Gasteiger charge is 2.24. The second-order valence-corrected chi connectivity index (χ2v) is 13.9. The van der Waals surface area contributed by atoms with Crippen LogP contribution in [0.5, 0.6) is 0 Å². The zero-order valence-electron chi connectivity index (χ0n) is 31.1. The van der Waals surface area contributed by atoms with Gasteiger partial charge in [0, 0.05) is 20.0 Å². The minimum absolute atomic E-state index is 0.121. The maximum Gasteiger partial charge on any atom is 0.472 e. The van der Waals surface area contributed by atoms with E-state index in [1.165, 1.54) is 64.2 Å². The molecule has 0 aliphatic carbocycles. The molecule has 0 rings (SSSR count). The number of carbonyl (C=O) groups excluding carboxylic acids is 2. The Morgan fingerprint density at radius 2 is 1.08 bits per heavy atom. The van der Waals surface area contributed by atoms with Gasteiger partial charge in [-0.1, -0.05) is 139 Å². The number of rotatable bonds is 34. The number of ether oxygens (including phenoxy) is 2. The SMILES string of the molecule is CC/C=C\C/C=C\C/C=C\C/C=C\CCC(=O)OC(COC(=O)CCCCCCCCC/C=C\CCCCCCCC)COP(=O)(O)OC. The van der Waals surface area contributed by atoms with Gasteiger partial charge in [0.1, 0.15) is 6.61 Å². The van der Waals surface area contributed by atoms with Crippen molar-refractivity contribution in [1.82, 2.24) is 0 Å². The van der Waals surface area contributed by atoms with Crippen molar-refractivity contribution >= 4 is 19.8 Å². The van der Waals surface area contributed by atoms with Crippen LogP contribution in [-0.2, 0) is 32.7 Å². The Kier molecular flexibility index (Phi) is 33.9. The zero-order valence-corrected chi connectivity index (χ0v) is 32.0. The van der Waals surface area contributed by atoms with Crippen molar-refractivity contribution in [3.05, 3.63) is 60.8 Å². The van der Waals surface area contributed by atoms with Gasteiger partial charge in [-0.3, -0.25) is 18.6 Å². The molecule has 2 atom stereocenters. The summed E-state index contributed by atoms with van der Waals surface area (Å²) in [5.41, 5.74) is 0. The topological polar surface area (TPSA) is 108 Å². The van der Waals surface area contributed by atoms with E-state index in [0.29, 0.717) is 6.42 Å². The van der Waals surface area contributed by atoms with Crippen LogP contribution in [0, 0.1) is 0 Å². The van der Waals surface area contributed by atoms with E-state index >= 15 is 0 Å². The Balaban J connectivity index is 4.14. The molecule has 0 amide bonds. The van der Waals surface area contributed by atoms with Crippen molar-refractivity contribution in [1.29, 1.82) is 0 Å². The molecule has 0 spiro atoms. The highest BCUT2D eigenvalue weighted by atomic mass is 31.2. The third-order valence-electron chi connectivity index (χ3n) is 7.76. The first-order valence-electron chi connectivity index (χ1n) is 19.0. The fraction of sp³-hybridized carbons (Fsp3) is 0.700. The van der Waals surface area contributed by atoms with Crippen molar-refractivity contribution < 1.29 is 37.6 Å². The van der Waals surface area contributed by atoms with E-state index in [4.69, 9.17) is 14.0 Å². The molecule has 0 aliphatic rings. The van der Waals surface area contributed by atoms with Crippen LogP contribution in [0.1, 0.15) is 155 Å². The Labute approximate surface area is 299 Å². The number of esters is 2. The number of allylic oxidation sites excluding steroid dienone is 10. The smallest absolute Gasteiger partial charge is 0.462 e. The van der Waals surface area contributed by atoms with Crippen LogP contribution in [0.15, 0.2) is 60.8 Å². The highest BCUT2D eigenvalue weighted by Crippen LogP contribution is 2.42. The molecule has 0 aromatic rings. The molecule has 0 heterocycles. The van der Waals surface area contributed by atoms with E-state index in [9.17, 15) is 19.0 Å². The number of unbranched alkanes of at least 4 members (excludes halogenated alkanes) is 13. The van der Waals surface area contributed by atoms with Crippen LogP contribution in [0.4, 0.5) is 0 Å². The van der Waals surface area contributed by atoms with Gasteiger partial charge in [0.05, 0.1) is 6.61 Å². The lowest BCUT2D eigenvalue weighted by atomic mass is 10.1. The van der Waals surface area contributed by atoms with Crippen LogP contribution < -0.4 is 0 Å². The van der Waals surface area contributed by atoms with E-state index < -0.39 is 32.5 Å². The summed E-state index contributed by atoms with van der Waals surface area (Å²) in [6.45, 7) is 3.68. The lowest BCUT2D eigenvalue weighted by Gasteiger charge is -2.19. The first-order valence-corrected chi connectivity index (χ1v) is 20.5. The number of carbonyl (C=O) groups is 2. The summed E-state index contributed by atoms with van der Waals surface area (Å²) in [6, 6.07) is 0. The second-order valence-electron chi connectivity index (χ2n) is 12.3. The predicted molar refractivity (Wildman–Crippen MR) is 202 cm³/mol. The molecule has 0 aliphatic heterocycles. The third-order valence-corrected chi connectivity index (χ3v) is 8.70. The second kappa shape index (κ2) is 35.6. The molecule has 9 heteroatoms. The van der Waals surface area contributed by atoms with E-state index in [0.717, 1.165) is 64.9 Å². The zero-order chi connectivity index (χ0) is 36.1. The minimum atomic E-state index is -4.28. The monoisotopic (exact) mass is 708 g/mol. The van der Waals surface area contributed by atoms with Gasteiger partial charge < -0.3 is 14.4 Å². The molecule has 0 aromatic heterocycles. The molecule has 282 valence electrons. The Morgan fingerprint density at radius 3 is 1.63 bits per heavy atom. The van der Waals surface area contributed by atoms with Crippen molar-refractivity contribution in [2.45, 2.75) is 161 Å². The van der Waals surface area contributed by atoms with Crippen molar-refractivity contribution in [3.63, 3.8) is 0 Å². The molecule has 0 bridgehead atoms. The molecule has 0 saturated heterocycles. The average molecular weight is 709 g/mol. The quantitative estimate of drug-likeness (QED) is 0.0304. The number of phosphoric ester groups is 1. The molecule has 1 N–H and O–H groups in total. The average Bonchev–Trinajstić information content (AvgIpc) is 3.09. The van der Waals surface area contributed by atoms with Crippen molar-refractivity contribution in [2.24, 2.45) is 0 Å². The Bertz CT molecular complexity index is 985. The normalized spacial score (nSPS) is 14.1. The van der Waals surface area contributed by atoms with E-state index in [1.807, 2.05) is 12.2 Å². The molecular weight excluding hydrogens is 639 g/mol. The first-order chi connectivity index (χ1) is 23.8. The van der Waals surface area contributed by atoms with E-state index in [-0.39, 0.29) is 19.4 Å². The molecule has 49 heavy (non-hydrogen) atoms. The summed E-state index contributed by atoms with van der Waals surface area (Å²) in [6.07, 6.45) is 42.9. The van der Waals surface area contributed by atoms with Crippen LogP contribution in [0.3, 0.4) is 0 Å². The molecule has 0 aromatic carbocycles. The van der Waals surface area contributed by atoms with Gasteiger partial charge >= 0.3 is 19.8 Å². The maximum atomic E-state index is 12.4. The lowest BCUT2D eigenvalue weighted by molar-refractivity contribution is -0.161. The lowest BCUT2D eigenvalue weighted by Crippen LogP contribution is -2.29. The third kappa shape index (κ3) is 35.4. The van der Waals surface area contributed by atoms with Gasteiger partial charge in [0.25, 0.3) is 0 Å². The minimum Gasteiger partial charge on any atom is -0.462 e. The van der Waals surface area contributed by atoms with E-state index in [1.54, 1.807) is 0 Å². The summed E-state index contributed by atoms with van der Waals surface area (Å²) in [5, 5.41) is 0. The van der Waals surface area contributed by atoms with Gasteiger partial charge in [-0.05, 0) is 64.2 Å². The van der Waals surface area contributed by atoms with Gasteiger partial charge in [-0.2, -0.15) is 0 Å². The molecule has 0 fully saturated rings. The van der Waals surface area contributed by atoms with Crippen molar-refractivity contribution in [3.8, 4) is 0 Å². The van der Waals surface area contributed by atoms with Gasteiger partial charge in [0.2, 0.25) is 0 Å². The number of hydrogen-bond donors (Lipinski definition) is 1. The van der Waals surface area contributed by atoms with Crippen LogP contribution in [0.25, 0.3) is 0 Å². The number of hydrogen-bond acceptors (Lipinski definition) is 7. The Morgan fingerprint density at radius 1 is 0.592 bits per heavy atom. The molecule has 2 unspecified atom stereocenters. The summed E-state index contributed by atoms with van der Waals surface area (Å²) >= 11 is 0. The summed E-state index contributed by atoms with van der Waals surface area (Å²) in [7, 11) is -3.23.